The van der Waals surface area contributed by atoms with Crippen LogP contribution in [0.15, 0.2) is 24.3 Å². The van der Waals surface area contributed by atoms with Crippen molar-refractivity contribution >= 4 is 0 Å². The Bertz CT molecular complexity index is 506. The highest BCUT2D eigenvalue weighted by Gasteiger charge is 2.40. The van der Waals surface area contributed by atoms with Gasteiger partial charge in [0.15, 0.2) is 0 Å². The third kappa shape index (κ3) is 3.22. The van der Waals surface area contributed by atoms with Crippen molar-refractivity contribution in [1.82, 2.24) is 5.32 Å². The van der Waals surface area contributed by atoms with E-state index in [2.05, 4.69) is 5.32 Å². The van der Waals surface area contributed by atoms with Gasteiger partial charge in [0, 0.05) is 12.6 Å². The van der Waals surface area contributed by atoms with E-state index >= 15 is 0 Å². The number of aliphatic hydroxyl groups is 1. The molecule has 2 N–H and O–H groups in total. The van der Waals surface area contributed by atoms with Crippen molar-refractivity contribution in [2.75, 3.05) is 6.54 Å². The van der Waals surface area contributed by atoms with Crippen molar-refractivity contribution in [3.63, 3.8) is 0 Å². The molecule has 116 valence electrons. The van der Waals surface area contributed by atoms with Gasteiger partial charge in [-0.3, -0.25) is 0 Å². The first-order chi connectivity index (χ1) is 9.93. The average Bonchev–Trinajstić information content (AvgIpc) is 3.06. The number of rotatable bonds is 4. The van der Waals surface area contributed by atoms with Crippen LogP contribution in [-0.2, 0) is 10.9 Å². The first kappa shape index (κ1) is 14.8. The third-order valence-corrected chi connectivity index (χ3v) is 4.28. The van der Waals surface area contributed by atoms with Crippen LogP contribution in [0.25, 0.3) is 0 Å². The van der Waals surface area contributed by atoms with Crippen LogP contribution in [0.2, 0.25) is 0 Å². The Morgan fingerprint density at radius 3 is 2.76 bits per heavy atom. The Hall–Kier alpha value is -1.11. The van der Waals surface area contributed by atoms with Crippen LogP contribution in [0.1, 0.15) is 36.5 Å². The van der Waals surface area contributed by atoms with Crippen molar-refractivity contribution in [1.29, 1.82) is 0 Å². The van der Waals surface area contributed by atoms with Gasteiger partial charge in [-0.25, -0.2) is 0 Å². The molecule has 4 unspecified atom stereocenters. The molecule has 2 heterocycles. The SMILES string of the molecule is OC(CNC1CC2CCC1O2)c1cccc(C(F)(F)F)c1. The number of fused-ring (bicyclic) bond motifs is 2. The van der Waals surface area contributed by atoms with Crippen molar-refractivity contribution in [3.05, 3.63) is 35.4 Å². The van der Waals surface area contributed by atoms with Crippen LogP contribution in [0.4, 0.5) is 13.2 Å². The molecule has 6 heteroatoms. The normalized spacial score (nSPS) is 29.8. The van der Waals surface area contributed by atoms with Gasteiger partial charge in [-0.1, -0.05) is 12.1 Å². The van der Waals surface area contributed by atoms with E-state index in [1.54, 1.807) is 0 Å². The molecule has 2 fully saturated rings. The molecule has 0 aromatic heterocycles. The minimum atomic E-state index is -4.39. The molecule has 2 aliphatic rings. The quantitative estimate of drug-likeness (QED) is 0.898. The summed E-state index contributed by atoms with van der Waals surface area (Å²) < 4.78 is 43.6. The molecule has 2 bridgehead atoms. The molecule has 3 nitrogen and oxygen atoms in total. The van der Waals surface area contributed by atoms with Gasteiger partial charge in [0.05, 0.1) is 23.9 Å². The summed E-state index contributed by atoms with van der Waals surface area (Å²) in [6.07, 6.45) is -1.84. The fraction of sp³-hybridized carbons (Fsp3) is 0.600. The van der Waals surface area contributed by atoms with Crippen LogP contribution < -0.4 is 5.32 Å². The molecule has 0 amide bonds. The lowest BCUT2D eigenvalue weighted by Crippen LogP contribution is -2.39. The van der Waals surface area contributed by atoms with E-state index < -0.39 is 17.8 Å². The topological polar surface area (TPSA) is 41.5 Å². The van der Waals surface area contributed by atoms with E-state index in [4.69, 9.17) is 4.74 Å². The highest BCUT2D eigenvalue weighted by atomic mass is 19.4. The number of aliphatic hydroxyl groups excluding tert-OH is 1. The van der Waals surface area contributed by atoms with E-state index in [-0.39, 0.29) is 24.3 Å². The first-order valence-electron chi connectivity index (χ1n) is 7.17. The molecule has 4 atom stereocenters. The molecular formula is C15H18F3NO2. The van der Waals surface area contributed by atoms with E-state index in [1.165, 1.54) is 12.1 Å². The van der Waals surface area contributed by atoms with E-state index in [0.29, 0.717) is 6.10 Å². The van der Waals surface area contributed by atoms with Gasteiger partial charge in [-0.05, 0) is 37.0 Å². The largest absolute Gasteiger partial charge is 0.416 e. The highest BCUT2D eigenvalue weighted by Crippen LogP contribution is 2.34. The fourth-order valence-corrected chi connectivity index (χ4v) is 3.16. The number of benzene rings is 1. The smallest absolute Gasteiger partial charge is 0.387 e. The summed E-state index contributed by atoms with van der Waals surface area (Å²) >= 11 is 0. The predicted molar refractivity (Wildman–Crippen MR) is 70.7 cm³/mol. The highest BCUT2D eigenvalue weighted by molar-refractivity contribution is 5.27. The van der Waals surface area contributed by atoms with Crippen molar-refractivity contribution < 1.29 is 23.0 Å². The van der Waals surface area contributed by atoms with Gasteiger partial charge in [0.25, 0.3) is 0 Å². The summed E-state index contributed by atoms with van der Waals surface area (Å²) in [6.45, 7) is 0.235. The molecule has 1 aromatic carbocycles. The van der Waals surface area contributed by atoms with Crippen LogP contribution >= 0.6 is 0 Å². The molecule has 0 spiro atoms. The van der Waals surface area contributed by atoms with E-state index in [1.807, 2.05) is 0 Å². The number of alkyl halides is 3. The van der Waals surface area contributed by atoms with E-state index in [0.717, 1.165) is 31.4 Å². The minimum Gasteiger partial charge on any atom is -0.387 e. The molecular weight excluding hydrogens is 283 g/mol. The lowest BCUT2D eigenvalue weighted by Gasteiger charge is -2.22. The summed E-state index contributed by atoms with van der Waals surface area (Å²) in [5, 5.41) is 13.3. The minimum absolute atomic E-state index is 0.184. The van der Waals surface area contributed by atoms with Gasteiger partial charge in [0.2, 0.25) is 0 Å². The van der Waals surface area contributed by atoms with Gasteiger partial charge in [0.1, 0.15) is 0 Å². The maximum atomic E-state index is 12.7. The second-order valence-corrected chi connectivity index (χ2v) is 5.76. The maximum Gasteiger partial charge on any atom is 0.416 e. The van der Waals surface area contributed by atoms with Crippen molar-refractivity contribution in [3.8, 4) is 0 Å². The van der Waals surface area contributed by atoms with Crippen molar-refractivity contribution in [2.45, 2.75) is 49.8 Å². The summed E-state index contributed by atoms with van der Waals surface area (Å²) in [5.74, 6) is 0. The zero-order valence-corrected chi connectivity index (χ0v) is 11.4. The maximum absolute atomic E-state index is 12.7. The average molecular weight is 301 g/mol. The number of hydrogen-bond acceptors (Lipinski definition) is 3. The Balaban J connectivity index is 1.59. The van der Waals surface area contributed by atoms with Gasteiger partial charge >= 0.3 is 6.18 Å². The molecule has 21 heavy (non-hydrogen) atoms. The van der Waals surface area contributed by atoms with Crippen LogP contribution in [0.5, 0.6) is 0 Å². The molecule has 1 aromatic rings. The molecule has 0 saturated carbocycles. The van der Waals surface area contributed by atoms with E-state index in [9.17, 15) is 18.3 Å². The standard InChI is InChI=1S/C15H18F3NO2/c16-15(17,18)10-3-1-2-9(6-10)13(20)8-19-12-7-11-4-5-14(12)21-11/h1-3,6,11-14,19-20H,4-5,7-8H2. The monoisotopic (exact) mass is 301 g/mol. The lowest BCUT2D eigenvalue weighted by molar-refractivity contribution is -0.137. The summed E-state index contributed by atoms with van der Waals surface area (Å²) in [6, 6.07) is 5.04. The molecule has 2 aliphatic heterocycles. The Morgan fingerprint density at radius 2 is 2.14 bits per heavy atom. The second kappa shape index (κ2) is 5.59. The van der Waals surface area contributed by atoms with Crippen molar-refractivity contribution in [2.24, 2.45) is 0 Å². The molecule has 0 aliphatic carbocycles. The zero-order valence-electron chi connectivity index (χ0n) is 11.4. The Labute approximate surface area is 121 Å². The van der Waals surface area contributed by atoms with Crippen LogP contribution in [0, 0.1) is 0 Å². The third-order valence-electron chi connectivity index (χ3n) is 4.28. The number of nitrogens with one attached hydrogen (secondary N) is 1. The number of halogens is 3. The number of hydrogen-bond donors (Lipinski definition) is 2. The van der Waals surface area contributed by atoms with Gasteiger partial charge in [-0.15, -0.1) is 0 Å². The summed E-state index contributed by atoms with van der Waals surface area (Å²) in [5.41, 5.74) is -0.455. The van der Waals surface area contributed by atoms with Crippen LogP contribution in [-0.4, -0.2) is 29.9 Å². The second-order valence-electron chi connectivity index (χ2n) is 5.76. The summed E-state index contributed by atoms with van der Waals surface area (Å²) in [7, 11) is 0. The molecule has 3 rings (SSSR count). The molecule has 0 radical (unpaired) electrons. The Kier molecular flexibility index (Phi) is 3.94. The molecule has 2 saturated heterocycles. The zero-order chi connectivity index (χ0) is 15.0. The summed E-state index contributed by atoms with van der Waals surface area (Å²) in [4.78, 5) is 0. The fourth-order valence-electron chi connectivity index (χ4n) is 3.16. The lowest BCUT2D eigenvalue weighted by atomic mass is 9.95. The van der Waals surface area contributed by atoms with Gasteiger partial charge in [-0.2, -0.15) is 13.2 Å². The van der Waals surface area contributed by atoms with Crippen LogP contribution in [0.3, 0.4) is 0 Å². The Morgan fingerprint density at radius 1 is 1.33 bits per heavy atom. The predicted octanol–water partition coefficient (Wildman–Crippen LogP) is 2.65. The number of ether oxygens (including phenoxy) is 1. The first-order valence-corrected chi connectivity index (χ1v) is 7.17. The van der Waals surface area contributed by atoms with Gasteiger partial charge < -0.3 is 15.2 Å².